The van der Waals surface area contributed by atoms with Gasteiger partial charge in [-0.1, -0.05) is 0 Å². The molecular formula is C12H15BrN4O4. The molecule has 114 valence electrons. The summed E-state index contributed by atoms with van der Waals surface area (Å²) in [7, 11) is 0. The molecule has 0 radical (unpaired) electrons. The summed E-state index contributed by atoms with van der Waals surface area (Å²) in [6, 6.07) is 0. The fourth-order valence-corrected chi connectivity index (χ4v) is 2.46. The van der Waals surface area contributed by atoms with Crippen LogP contribution in [-0.4, -0.2) is 53.6 Å². The van der Waals surface area contributed by atoms with Gasteiger partial charge in [0.25, 0.3) is 0 Å². The molecular weight excluding hydrogens is 344 g/mol. The number of ether oxygens (including phenoxy) is 1. The molecule has 1 aliphatic heterocycles. The first-order valence-electron chi connectivity index (χ1n) is 6.47. The predicted molar refractivity (Wildman–Crippen MR) is 79.1 cm³/mol. The van der Waals surface area contributed by atoms with Gasteiger partial charge in [0.2, 0.25) is 5.91 Å². The van der Waals surface area contributed by atoms with E-state index >= 15 is 0 Å². The first kappa shape index (κ1) is 15.6. The summed E-state index contributed by atoms with van der Waals surface area (Å²) < 4.78 is 5.68. The minimum atomic E-state index is -0.510. The van der Waals surface area contributed by atoms with Crippen LogP contribution in [0.4, 0.5) is 11.4 Å². The van der Waals surface area contributed by atoms with E-state index in [1.807, 2.05) is 0 Å². The number of nitro groups is 1. The van der Waals surface area contributed by atoms with E-state index in [4.69, 9.17) is 4.74 Å². The highest BCUT2D eigenvalue weighted by Gasteiger charge is 2.19. The molecule has 0 aliphatic carbocycles. The Morgan fingerprint density at radius 1 is 1.48 bits per heavy atom. The molecule has 0 saturated carbocycles. The zero-order valence-corrected chi connectivity index (χ0v) is 12.8. The Morgan fingerprint density at radius 3 is 2.86 bits per heavy atom. The van der Waals surface area contributed by atoms with Gasteiger partial charge in [-0.3, -0.25) is 19.9 Å². The number of halogens is 1. The van der Waals surface area contributed by atoms with Gasteiger partial charge in [0.1, 0.15) is 11.9 Å². The third kappa shape index (κ3) is 4.11. The molecule has 21 heavy (non-hydrogen) atoms. The van der Waals surface area contributed by atoms with Gasteiger partial charge in [0.05, 0.1) is 22.6 Å². The summed E-state index contributed by atoms with van der Waals surface area (Å²) in [6.07, 6.45) is 2.92. The molecule has 1 N–H and O–H groups in total. The molecule has 8 nitrogen and oxygen atoms in total. The normalized spacial score (nSPS) is 14.8. The highest BCUT2D eigenvalue weighted by atomic mass is 79.9. The standard InChI is InChI=1S/C12H15BrN4O4/c13-9-7-14-8-10(17(19)20)12(9)15-2-1-11(18)16-3-5-21-6-4-16/h7-8H,1-6H2,(H,14,15). The fourth-order valence-electron chi connectivity index (χ4n) is 2.00. The largest absolute Gasteiger partial charge is 0.378 e. The number of nitrogens with one attached hydrogen (secondary N) is 1. The number of carbonyl (C=O) groups is 1. The minimum absolute atomic E-state index is 0.0126. The topological polar surface area (TPSA) is 97.6 Å². The first-order chi connectivity index (χ1) is 10.1. The maximum absolute atomic E-state index is 12.0. The van der Waals surface area contributed by atoms with Gasteiger partial charge in [-0.25, -0.2) is 0 Å². The average Bonchev–Trinajstić information content (AvgIpc) is 2.49. The number of aromatic nitrogens is 1. The van der Waals surface area contributed by atoms with Crippen molar-refractivity contribution in [1.29, 1.82) is 0 Å². The second kappa shape index (κ2) is 7.32. The van der Waals surface area contributed by atoms with E-state index < -0.39 is 4.92 Å². The van der Waals surface area contributed by atoms with Gasteiger partial charge in [0, 0.05) is 32.3 Å². The molecule has 0 spiro atoms. The van der Waals surface area contributed by atoms with Crippen LogP contribution >= 0.6 is 15.9 Å². The van der Waals surface area contributed by atoms with Crippen LogP contribution in [-0.2, 0) is 9.53 Å². The van der Waals surface area contributed by atoms with Gasteiger partial charge >= 0.3 is 5.69 Å². The summed E-state index contributed by atoms with van der Waals surface area (Å²) in [5.41, 5.74) is 0.216. The van der Waals surface area contributed by atoms with Crippen molar-refractivity contribution in [2.24, 2.45) is 0 Å². The number of anilines is 1. The van der Waals surface area contributed by atoms with Gasteiger partial charge in [-0.2, -0.15) is 0 Å². The van der Waals surface area contributed by atoms with Crippen molar-refractivity contribution in [2.75, 3.05) is 38.2 Å². The van der Waals surface area contributed by atoms with Crippen molar-refractivity contribution in [1.82, 2.24) is 9.88 Å². The van der Waals surface area contributed by atoms with E-state index in [2.05, 4.69) is 26.2 Å². The van der Waals surface area contributed by atoms with Gasteiger partial charge in [0.15, 0.2) is 0 Å². The Kier molecular flexibility index (Phi) is 5.45. The van der Waals surface area contributed by atoms with Crippen LogP contribution in [0.15, 0.2) is 16.9 Å². The summed E-state index contributed by atoms with van der Waals surface area (Å²) in [5, 5.41) is 13.9. The Balaban J connectivity index is 1.91. The molecule has 9 heteroatoms. The van der Waals surface area contributed by atoms with Crippen LogP contribution in [0, 0.1) is 10.1 Å². The van der Waals surface area contributed by atoms with Crippen LogP contribution in [0.1, 0.15) is 6.42 Å². The van der Waals surface area contributed by atoms with Crippen LogP contribution < -0.4 is 5.32 Å². The highest BCUT2D eigenvalue weighted by Crippen LogP contribution is 2.30. The lowest BCUT2D eigenvalue weighted by Crippen LogP contribution is -2.41. The monoisotopic (exact) mass is 358 g/mol. The maximum atomic E-state index is 12.0. The number of morpholine rings is 1. The second-order valence-electron chi connectivity index (χ2n) is 4.44. The number of amides is 1. The Bertz CT molecular complexity index is 534. The van der Waals surface area contributed by atoms with Gasteiger partial charge in [-0.05, 0) is 15.9 Å². The Labute approximate surface area is 129 Å². The van der Waals surface area contributed by atoms with Crippen LogP contribution in [0.5, 0.6) is 0 Å². The number of nitrogens with zero attached hydrogens (tertiary/aromatic N) is 3. The molecule has 0 atom stereocenters. The van der Waals surface area contributed by atoms with Crippen LogP contribution in [0.2, 0.25) is 0 Å². The van der Waals surface area contributed by atoms with E-state index in [9.17, 15) is 14.9 Å². The number of hydrogen-bond donors (Lipinski definition) is 1. The van der Waals surface area contributed by atoms with Crippen LogP contribution in [0.3, 0.4) is 0 Å². The summed E-state index contributed by atoms with van der Waals surface area (Å²) >= 11 is 3.22. The SMILES string of the molecule is O=C(CCNc1c(Br)cncc1[N+](=O)[O-])N1CCOCC1. The van der Waals surface area contributed by atoms with Crippen molar-refractivity contribution in [3.8, 4) is 0 Å². The van der Waals surface area contributed by atoms with E-state index in [1.165, 1.54) is 12.4 Å². The van der Waals surface area contributed by atoms with Crippen molar-refractivity contribution in [3.63, 3.8) is 0 Å². The predicted octanol–water partition coefficient (Wildman–Crippen LogP) is 1.41. The molecule has 1 amide bonds. The first-order valence-corrected chi connectivity index (χ1v) is 7.26. The smallest absolute Gasteiger partial charge is 0.311 e. The van der Waals surface area contributed by atoms with Crippen molar-refractivity contribution in [2.45, 2.75) is 6.42 Å². The minimum Gasteiger partial charge on any atom is -0.378 e. The van der Waals surface area contributed by atoms with E-state index in [0.29, 0.717) is 43.0 Å². The number of carbonyl (C=O) groups excluding carboxylic acids is 1. The number of rotatable bonds is 5. The highest BCUT2D eigenvalue weighted by molar-refractivity contribution is 9.10. The zero-order chi connectivity index (χ0) is 15.2. The molecule has 2 rings (SSSR count). The number of hydrogen-bond acceptors (Lipinski definition) is 6. The molecule has 1 saturated heterocycles. The Hall–Kier alpha value is -1.74. The second-order valence-corrected chi connectivity index (χ2v) is 5.30. The summed E-state index contributed by atoms with van der Waals surface area (Å²) in [6.45, 7) is 2.62. The molecule has 1 aromatic heterocycles. The lowest BCUT2D eigenvalue weighted by Gasteiger charge is -2.26. The molecule has 0 unspecified atom stereocenters. The zero-order valence-electron chi connectivity index (χ0n) is 11.2. The molecule has 1 fully saturated rings. The van der Waals surface area contributed by atoms with Crippen molar-refractivity contribution >= 4 is 33.2 Å². The molecule has 1 aromatic rings. The van der Waals surface area contributed by atoms with Gasteiger partial charge in [-0.15, -0.1) is 0 Å². The molecule has 0 aromatic carbocycles. The summed E-state index contributed by atoms with van der Waals surface area (Å²) in [4.78, 5) is 27.9. The quantitative estimate of drug-likeness (QED) is 0.631. The lowest BCUT2D eigenvalue weighted by molar-refractivity contribution is -0.384. The third-order valence-electron chi connectivity index (χ3n) is 3.08. The van der Waals surface area contributed by atoms with Gasteiger partial charge < -0.3 is 15.0 Å². The Morgan fingerprint density at radius 2 is 2.19 bits per heavy atom. The molecule has 0 bridgehead atoms. The van der Waals surface area contributed by atoms with Crippen molar-refractivity contribution < 1.29 is 14.5 Å². The van der Waals surface area contributed by atoms with E-state index in [-0.39, 0.29) is 18.0 Å². The van der Waals surface area contributed by atoms with Crippen molar-refractivity contribution in [3.05, 3.63) is 27.0 Å². The van der Waals surface area contributed by atoms with E-state index in [1.54, 1.807) is 4.90 Å². The summed E-state index contributed by atoms with van der Waals surface area (Å²) in [5.74, 6) is 0.0126. The third-order valence-corrected chi connectivity index (χ3v) is 3.68. The fraction of sp³-hybridized carbons (Fsp3) is 0.500. The molecule has 1 aliphatic rings. The number of pyridine rings is 1. The molecule has 2 heterocycles. The van der Waals surface area contributed by atoms with E-state index in [0.717, 1.165) is 0 Å². The maximum Gasteiger partial charge on any atom is 0.311 e. The lowest BCUT2D eigenvalue weighted by atomic mass is 10.3. The average molecular weight is 359 g/mol. The van der Waals surface area contributed by atoms with Crippen LogP contribution in [0.25, 0.3) is 0 Å².